The molecule has 0 bridgehead atoms. The number of nitrogens with one attached hydrogen (secondary N) is 1. The summed E-state index contributed by atoms with van der Waals surface area (Å²) in [5, 5.41) is 1.83. The molecule has 2 aliphatic rings. The first-order valence-corrected chi connectivity index (χ1v) is 12.3. The molecule has 2 aromatic carbocycles. The van der Waals surface area contributed by atoms with Crippen LogP contribution in [-0.2, 0) is 26.2 Å². The Balaban J connectivity index is 1.41. The van der Waals surface area contributed by atoms with E-state index in [2.05, 4.69) is 5.32 Å². The van der Waals surface area contributed by atoms with Crippen LogP contribution in [0.5, 0.6) is 11.5 Å². The zero-order chi connectivity index (χ0) is 20.6. The van der Waals surface area contributed by atoms with Crippen molar-refractivity contribution in [3.8, 4) is 11.5 Å². The Kier molecular flexibility index (Phi) is 4.99. The maximum atomic E-state index is 12.6. The Morgan fingerprint density at radius 2 is 1.79 bits per heavy atom. The number of sulfone groups is 2. The summed E-state index contributed by atoms with van der Waals surface area (Å²) in [6, 6.07) is 10.9. The molecule has 2 heterocycles. The minimum atomic E-state index is -3.75. The molecule has 1 N–H and O–H groups in total. The number of benzene rings is 2. The molecule has 154 valence electrons. The van der Waals surface area contributed by atoms with Crippen molar-refractivity contribution in [3.63, 3.8) is 0 Å². The van der Waals surface area contributed by atoms with E-state index in [-0.39, 0.29) is 42.1 Å². The van der Waals surface area contributed by atoms with E-state index in [1.165, 1.54) is 24.3 Å². The third kappa shape index (κ3) is 4.08. The van der Waals surface area contributed by atoms with Crippen molar-refractivity contribution >= 4 is 25.6 Å². The average Bonchev–Trinajstić information content (AvgIpc) is 3.31. The molecule has 4 rings (SSSR count). The number of hydrogen-bond acceptors (Lipinski definition) is 7. The van der Waals surface area contributed by atoms with Gasteiger partial charge in [0.05, 0.1) is 21.7 Å². The molecule has 1 atom stereocenters. The lowest BCUT2D eigenvalue weighted by Crippen LogP contribution is -2.24. The van der Waals surface area contributed by atoms with Crippen LogP contribution in [0.4, 0.5) is 0 Å². The van der Waals surface area contributed by atoms with E-state index in [0.717, 1.165) is 5.56 Å². The third-order valence-electron chi connectivity index (χ3n) is 4.96. The number of ether oxygens (including phenoxy) is 2. The second-order valence-corrected chi connectivity index (χ2v) is 11.4. The minimum Gasteiger partial charge on any atom is -0.454 e. The summed E-state index contributed by atoms with van der Waals surface area (Å²) in [5.74, 6) is 0.465. The molecule has 0 radical (unpaired) electrons. The predicted octanol–water partition coefficient (Wildman–Crippen LogP) is 1.31. The smallest absolute Gasteiger partial charge is 0.251 e. The van der Waals surface area contributed by atoms with Crippen LogP contribution in [0.1, 0.15) is 22.3 Å². The number of amides is 1. The number of fused-ring (bicyclic) bond motifs is 1. The van der Waals surface area contributed by atoms with E-state index in [0.29, 0.717) is 17.1 Å². The van der Waals surface area contributed by atoms with Crippen molar-refractivity contribution in [2.45, 2.75) is 23.1 Å². The molecule has 2 aliphatic heterocycles. The van der Waals surface area contributed by atoms with Crippen molar-refractivity contribution in [1.29, 1.82) is 0 Å². The van der Waals surface area contributed by atoms with Crippen molar-refractivity contribution in [1.82, 2.24) is 5.32 Å². The van der Waals surface area contributed by atoms with Crippen LogP contribution in [-0.4, -0.2) is 46.3 Å². The quantitative estimate of drug-likeness (QED) is 0.750. The van der Waals surface area contributed by atoms with E-state index < -0.39 is 24.9 Å². The zero-order valence-electron chi connectivity index (χ0n) is 15.3. The molecule has 8 nitrogen and oxygen atoms in total. The van der Waals surface area contributed by atoms with Gasteiger partial charge in [0.1, 0.15) is 0 Å². The van der Waals surface area contributed by atoms with Crippen LogP contribution in [0, 0.1) is 0 Å². The minimum absolute atomic E-state index is 0.0203. The van der Waals surface area contributed by atoms with E-state index in [9.17, 15) is 21.6 Å². The highest BCUT2D eigenvalue weighted by atomic mass is 32.2. The summed E-state index contributed by atoms with van der Waals surface area (Å²) in [6.45, 7) is 0.447. The monoisotopic (exact) mass is 437 g/mol. The van der Waals surface area contributed by atoms with Crippen LogP contribution in [0.25, 0.3) is 0 Å². The van der Waals surface area contributed by atoms with Crippen LogP contribution in [0.2, 0.25) is 0 Å². The molecule has 0 spiro atoms. The first-order valence-electron chi connectivity index (χ1n) is 8.96. The van der Waals surface area contributed by atoms with E-state index >= 15 is 0 Å². The van der Waals surface area contributed by atoms with Gasteiger partial charge < -0.3 is 14.8 Å². The van der Waals surface area contributed by atoms with Crippen molar-refractivity contribution in [2.24, 2.45) is 0 Å². The molecule has 29 heavy (non-hydrogen) atoms. The Labute approximate surface area is 168 Å². The van der Waals surface area contributed by atoms with Crippen LogP contribution >= 0.6 is 0 Å². The highest BCUT2D eigenvalue weighted by Crippen LogP contribution is 2.32. The van der Waals surface area contributed by atoms with Crippen LogP contribution in [0.15, 0.2) is 47.4 Å². The third-order valence-corrected chi connectivity index (χ3v) is 9.15. The first kappa shape index (κ1) is 19.7. The summed E-state index contributed by atoms with van der Waals surface area (Å²) in [4.78, 5) is 12.4. The molecular formula is C19H19NO7S2. The topological polar surface area (TPSA) is 116 Å². The number of carbonyl (C=O) groups excluding carboxylic acids is 1. The number of hydrogen-bond donors (Lipinski definition) is 1. The Bertz CT molecular complexity index is 1160. The van der Waals surface area contributed by atoms with E-state index in [1.807, 2.05) is 6.07 Å². The van der Waals surface area contributed by atoms with Crippen molar-refractivity contribution < 1.29 is 31.1 Å². The number of rotatable bonds is 5. The second kappa shape index (κ2) is 7.34. The maximum absolute atomic E-state index is 12.6. The lowest BCUT2D eigenvalue weighted by Gasteiger charge is -2.11. The van der Waals surface area contributed by atoms with Crippen molar-refractivity contribution in [2.75, 3.05) is 18.3 Å². The van der Waals surface area contributed by atoms with Gasteiger partial charge >= 0.3 is 0 Å². The van der Waals surface area contributed by atoms with Crippen molar-refractivity contribution in [3.05, 3.63) is 53.6 Å². The normalized spacial score (nSPS) is 19.8. The van der Waals surface area contributed by atoms with Gasteiger partial charge in [-0.2, -0.15) is 0 Å². The molecule has 1 amide bonds. The Hall–Kier alpha value is -2.59. The molecule has 2 aromatic rings. The molecule has 0 aromatic heterocycles. The maximum Gasteiger partial charge on any atom is 0.251 e. The van der Waals surface area contributed by atoms with Crippen LogP contribution in [0.3, 0.4) is 0 Å². The SMILES string of the molecule is O=C(NCc1ccc2c(c1)OCO2)c1ccc(S(=O)(=O)[C@H]2CCS(=O)(=O)C2)cc1. The van der Waals surface area contributed by atoms with Gasteiger partial charge in [-0.1, -0.05) is 6.07 Å². The standard InChI is InChI=1S/C19H19NO7S2/c21-19(20-10-13-1-6-17-18(9-13)27-12-26-17)14-2-4-15(5-3-14)29(24,25)16-7-8-28(22,23)11-16/h1-6,9,16H,7-8,10-12H2,(H,20,21)/t16-/m0/s1. The summed E-state index contributed by atoms with van der Waals surface area (Å²) in [5.41, 5.74) is 1.15. The molecule has 0 aliphatic carbocycles. The summed E-state index contributed by atoms with van der Waals surface area (Å²) >= 11 is 0. The molecule has 1 fully saturated rings. The summed E-state index contributed by atoms with van der Waals surface area (Å²) in [7, 11) is -7.06. The van der Waals surface area contributed by atoms with E-state index in [1.54, 1.807) is 12.1 Å². The first-order chi connectivity index (χ1) is 13.7. The molecule has 0 saturated carbocycles. The zero-order valence-corrected chi connectivity index (χ0v) is 17.0. The average molecular weight is 437 g/mol. The second-order valence-electron chi connectivity index (χ2n) is 6.96. The van der Waals surface area contributed by atoms with E-state index in [4.69, 9.17) is 9.47 Å². The van der Waals surface area contributed by atoms with Gasteiger partial charge in [-0.15, -0.1) is 0 Å². The highest BCUT2D eigenvalue weighted by Gasteiger charge is 2.38. The van der Waals surface area contributed by atoms with Gasteiger partial charge in [0.15, 0.2) is 31.2 Å². The van der Waals surface area contributed by atoms with Gasteiger partial charge in [0.25, 0.3) is 5.91 Å². The van der Waals surface area contributed by atoms with Crippen LogP contribution < -0.4 is 14.8 Å². The van der Waals surface area contributed by atoms with Gasteiger partial charge in [0.2, 0.25) is 6.79 Å². The fourth-order valence-corrected chi connectivity index (χ4v) is 7.69. The van der Waals surface area contributed by atoms with Gasteiger partial charge in [0, 0.05) is 12.1 Å². The predicted molar refractivity (Wildman–Crippen MR) is 104 cm³/mol. The summed E-state index contributed by atoms with van der Waals surface area (Å²) in [6.07, 6.45) is 0.0996. The largest absolute Gasteiger partial charge is 0.454 e. The van der Waals surface area contributed by atoms with Gasteiger partial charge in [-0.3, -0.25) is 4.79 Å². The lowest BCUT2D eigenvalue weighted by molar-refractivity contribution is 0.0950. The number of carbonyl (C=O) groups is 1. The Morgan fingerprint density at radius 3 is 2.48 bits per heavy atom. The molecule has 0 unspecified atom stereocenters. The molecule has 1 saturated heterocycles. The fraction of sp³-hybridized carbons (Fsp3) is 0.316. The molecule has 10 heteroatoms. The highest BCUT2D eigenvalue weighted by molar-refractivity contribution is 7.96. The fourth-order valence-electron chi connectivity index (χ4n) is 3.33. The van der Waals surface area contributed by atoms with Gasteiger partial charge in [-0.25, -0.2) is 16.8 Å². The summed E-state index contributed by atoms with van der Waals surface area (Å²) < 4.78 is 58.9. The van der Waals surface area contributed by atoms with Gasteiger partial charge in [-0.05, 0) is 48.4 Å². The molecular weight excluding hydrogens is 418 g/mol. The lowest BCUT2D eigenvalue weighted by atomic mass is 10.2. The Morgan fingerprint density at radius 1 is 1.07 bits per heavy atom.